The van der Waals surface area contributed by atoms with Crippen molar-refractivity contribution in [3.8, 4) is 0 Å². The summed E-state index contributed by atoms with van der Waals surface area (Å²) in [5.74, 6) is 0.862. The van der Waals surface area contributed by atoms with Crippen molar-refractivity contribution >= 4 is 11.7 Å². The zero-order valence-corrected chi connectivity index (χ0v) is 10.2. The van der Waals surface area contributed by atoms with E-state index in [0.29, 0.717) is 18.3 Å². The predicted molar refractivity (Wildman–Crippen MR) is 67.5 cm³/mol. The number of nitrogen functional groups attached to an aromatic ring is 1. The Morgan fingerprint density at radius 2 is 2.29 bits per heavy atom. The van der Waals surface area contributed by atoms with Gasteiger partial charge in [-0.3, -0.25) is 5.41 Å². The lowest BCUT2D eigenvalue weighted by molar-refractivity contribution is 0.0340. The first-order valence-electron chi connectivity index (χ1n) is 5.77. The summed E-state index contributed by atoms with van der Waals surface area (Å²) in [5.41, 5.74) is 5.97. The van der Waals surface area contributed by atoms with Gasteiger partial charge in [0, 0.05) is 6.54 Å². The van der Waals surface area contributed by atoms with Gasteiger partial charge in [0.25, 0.3) is 0 Å². The molecule has 1 aliphatic rings. The van der Waals surface area contributed by atoms with Crippen LogP contribution in [0.15, 0.2) is 18.2 Å². The van der Waals surface area contributed by atoms with Crippen LogP contribution in [0.25, 0.3) is 0 Å². The summed E-state index contributed by atoms with van der Waals surface area (Å²) in [4.78, 5) is 6.60. The molecule has 2 heterocycles. The zero-order valence-electron chi connectivity index (χ0n) is 10.2. The maximum atomic E-state index is 7.41. The Bertz CT molecular complexity index is 421. The first-order valence-corrected chi connectivity index (χ1v) is 5.77. The highest BCUT2D eigenvalue weighted by atomic mass is 16.5. The Morgan fingerprint density at radius 3 is 3.00 bits per heavy atom. The maximum Gasteiger partial charge on any atom is 0.141 e. The number of ether oxygens (including phenoxy) is 1. The van der Waals surface area contributed by atoms with Gasteiger partial charge in [-0.05, 0) is 26.0 Å². The van der Waals surface area contributed by atoms with Gasteiger partial charge in [-0.25, -0.2) is 4.98 Å². The van der Waals surface area contributed by atoms with E-state index in [2.05, 4.69) is 16.8 Å². The molecule has 0 amide bonds. The van der Waals surface area contributed by atoms with Crippen LogP contribution >= 0.6 is 0 Å². The summed E-state index contributed by atoms with van der Waals surface area (Å²) in [5, 5.41) is 7.41. The van der Waals surface area contributed by atoms with E-state index in [1.165, 1.54) is 0 Å². The van der Waals surface area contributed by atoms with Gasteiger partial charge in [0.15, 0.2) is 0 Å². The topological polar surface area (TPSA) is 75.2 Å². The van der Waals surface area contributed by atoms with Crippen molar-refractivity contribution in [3.05, 3.63) is 23.9 Å². The lowest BCUT2D eigenvalue weighted by Crippen LogP contribution is -2.47. The lowest BCUT2D eigenvalue weighted by atomic mass is 10.2. The van der Waals surface area contributed by atoms with Crippen LogP contribution in [0.2, 0.25) is 0 Å². The molecule has 1 fully saturated rings. The van der Waals surface area contributed by atoms with Crippen molar-refractivity contribution in [2.45, 2.75) is 26.0 Å². The number of pyridine rings is 1. The highest BCUT2D eigenvalue weighted by Gasteiger charge is 2.24. The summed E-state index contributed by atoms with van der Waals surface area (Å²) >= 11 is 0. The molecule has 1 aliphatic heterocycles. The number of hydrogen-bond acceptors (Lipinski definition) is 4. The maximum absolute atomic E-state index is 7.41. The summed E-state index contributed by atoms with van der Waals surface area (Å²) in [7, 11) is 0. The van der Waals surface area contributed by atoms with Crippen molar-refractivity contribution in [2.75, 3.05) is 18.1 Å². The molecule has 0 aliphatic carbocycles. The van der Waals surface area contributed by atoms with Gasteiger partial charge >= 0.3 is 0 Å². The minimum Gasteiger partial charge on any atom is -0.382 e. The first-order chi connectivity index (χ1) is 8.08. The van der Waals surface area contributed by atoms with E-state index in [9.17, 15) is 0 Å². The molecule has 0 bridgehead atoms. The van der Waals surface area contributed by atoms with Gasteiger partial charge in [0.05, 0.1) is 18.8 Å². The van der Waals surface area contributed by atoms with Crippen molar-refractivity contribution in [1.82, 2.24) is 4.98 Å². The normalized spacial score (nSPS) is 24.7. The minimum absolute atomic E-state index is 0.000751. The summed E-state index contributed by atoms with van der Waals surface area (Å²) in [6.45, 7) is 5.67. The average Bonchev–Trinajstić information content (AvgIpc) is 2.32. The molecule has 0 spiro atoms. The number of rotatable bonds is 2. The number of anilines is 1. The molecule has 17 heavy (non-hydrogen) atoms. The molecule has 5 nitrogen and oxygen atoms in total. The first kappa shape index (κ1) is 11.9. The van der Waals surface area contributed by atoms with Crippen molar-refractivity contribution in [1.29, 1.82) is 5.41 Å². The molecular weight excluding hydrogens is 216 g/mol. The fraction of sp³-hybridized carbons (Fsp3) is 0.500. The lowest BCUT2D eigenvalue weighted by Gasteiger charge is -2.37. The molecule has 0 saturated carbocycles. The van der Waals surface area contributed by atoms with E-state index < -0.39 is 0 Å². The quantitative estimate of drug-likeness (QED) is 0.591. The van der Waals surface area contributed by atoms with E-state index >= 15 is 0 Å². The second-order valence-corrected chi connectivity index (χ2v) is 4.44. The molecule has 2 rings (SSSR count). The second kappa shape index (κ2) is 4.71. The molecule has 0 radical (unpaired) electrons. The standard InChI is InChI=1S/C12H18N4O/c1-8-7-17-9(2)6-16(8)11-5-3-4-10(15-11)12(13)14/h3-5,8-9H,6-7H2,1-2H3,(H3,13,14). The third kappa shape index (κ3) is 2.55. The fourth-order valence-electron chi connectivity index (χ4n) is 1.96. The van der Waals surface area contributed by atoms with E-state index in [4.69, 9.17) is 15.9 Å². The molecule has 1 saturated heterocycles. The number of nitrogens with two attached hydrogens (primary N) is 1. The van der Waals surface area contributed by atoms with E-state index in [-0.39, 0.29) is 11.9 Å². The van der Waals surface area contributed by atoms with Crippen LogP contribution in [0, 0.1) is 5.41 Å². The number of hydrogen-bond donors (Lipinski definition) is 2. The van der Waals surface area contributed by atoms with Crippen LogP contribution in [0.1, 0.15) is 19.5 Å². The van der Waals surface area contributed by atoms with Crippen LogP contribution in [0.5, 0.6) is 0 Å². The second-order valence-electron chi connectivity index (χ2n) is 4.44. The number of nitrogens with one attached hydrogen (secondary N) is 1. The molecule has 1 aromatic heterocycles. The van der Waals surface area contributed by atoms with Gasteiger partial charge in [-0.2, -0.15) is 0 Å². The third-order valence-corrected chi connectivity index (χ3v) is 2.91. The monoisotopic (exact) mass is 234 g/mol. The Hall–Kier alpha value is -1.62. The Balaban J connectivity index is 2.26. The smallest absolute Gasteiger partial charge is 0.141 e. The molecular formula is C12H18N4O. The molecule has 3 N–H and O–H groups in total. The van der Waals surface area contributed by atoms with E-state index in [1.807, 2.05) is 19.1 Å². The molecule has 5 heteroatoms. The van der Waals surface area contributed by atoms with Gasteiger partial charge in [-0.15, -0.1) is 0 Å². The SMILES string of the molecule is CC1CN(c2cccc(C(=N)N)n2)C(C)CO1. The van der Waals surface area contributed by atoms with E-state index in [1.54, 1.807) is 6.07 Å². The fourth-order valence-corrected chi connectivity index (χ4v) is 1.96. The number of aromatic nitrogens is 1. The van der Waals surface area contributed by atoms with Crippen LogP contribution < -0.4 is 10.6 Å². The number of morpholine rings is 1. The largest absolute Gasteiger partial charge is 0.382 e. The predicted octanol–water partition coefficient (Wildman–Crippen LogP) is 0.979. The Labute approximate surface area is 101 Å². The Kier molecular flexibility index (Phi) is 3.28. The summed E-state index contributed by atoms with van der Waals surface area (Å²) in [6, 6.07) is 5.87. The summed E-state index contributed by atoms with van der Waals surface area (Å²) < 4.78 is 5.58. The van der Waals surface area contributed by atoms with Gasteiger partial charge < -0.3 is 15.4 Å². The van der Waals surface area contributed by atoms with Crippen molar-refractivity contribution in [2.24, 2.45) is 5.73 Å². The molecule has 2 atom stereocenters. The number of nitrogens with zero attached hydrogens (tertiary/aromatic N) is 2. The highest BCUT2D eigenvalue weighted by molar-refractivity contribution is 5.93. The van der Waals surface area contributed by atoms with Crippen LogP contribution in [-0.2, 0) is 4.74 Å². The molecule has 92 valence electrons. The third-order valence-electron chi connectivity index (χ3n) is 2.91. The van der Waals surface area contributed by atoms with Crippen molar-refractivity contribution < 1.29 is 4.74 Å². The number of amidine groups is 1. The highest BCUT2D eigenvalue weighted by Crippen LogP contribution is 2.19. The summed E-state index contributed by atoms with van der Waals surface area (Å²) in [6.07, 6.45) is 0.203. The van der Waals surface area contributed by atoms with Crippen LogP contribution in [0.3, 0.4) is 0 Å². The average molecular weight is 234 g/mol. The van der Waals surface area contributed by atoms with Crippen LogP contribution in [0.4, 0.5) is 5.82 Å². The van der Waals surface area contributed by atoms with Gasteiger partial charge in [0.2, 0.25) is 0 Å². The van der Waals surface area contributed by atoms with Crippen molar-refractivity contribution in [3.63, 3.8) is 0 Å². The van der Waals surface area contributed by atoms with Gasteiger partial charge in [-0.1, -0.05) is 6.07 Å². The van der Waals surface area contributed by atoms with Gasteiger partial charge in [0.1, 0.15) is 17.3 Å². The molecule has 0 aromatic carbocycles. The van der Waals surface area contributed by atoms with Crippen LogP contribution in [-0.4, -0.2) is 36.1 Å². The zero-order chi connectivity index (χ0) is 12.4. The molecule has 1 aromatic rings. The van der Waals surface area contributed by atoms with E-state index in [0.717, 1.165) is 12.4 Å². The Morgan fingerprint density at radius 1 is 1.53 bits per heavy atom. The molecule has 2 unspecified atom stereocenters. The minimum atomic E-state index is 0.000751.